The molecule has 1 aromatic carbocycles. The molecule has 16 heavy (non-hydrogen) atoms. The van der Waals surface area contributed by atoms with Gasteiger partial charge >= 0.3 is 0 Å². The van der Waals surface area contributed by atoms with E-state index in [2.05, 4.69) is 19.2 Å². The maximum Gasteiger partial charge on any atom is 0.224 e. The summed E-state index contributed by atoms with van der Waals surface area (Å²) in [5, 5.41) is 2.55. The van der Waals surface area contributed by atoms with Crippen molar-refractivity contribution in [2.75, 3.05) is 7.05 Å². The fourth-order valence-electron chi connectivity index (χ4n) is 1.50. The first-order valence-corrected chi connectivity index (χ1v) is 5.37. The number of benzene rings is 1. The van der Waals surface area contributed by atoms with Crippen molar-refractivity contribution in [2.24, 2.45) is 0 Å². The second kappa shape index (κ2) is 5.45. The molecule has 0 radical (unpaired) electrons. The van der Waals surface area contributed by atoms with E-state index in [0.29, 0.717) is 11.5 Å². The van der Waals surface area contributed by atoms with Crippen LogP contribution >= 0.6 is 0 Å². The van der Waals surface area contributed by atoms with Crippen molar-refractivity contribution in [1.82, 2.24) is 5.32 Å². The summed E-state index contributed by atoms with van der Waals surface area (Å²) in [6, 6.07) is 5.68. The zero-order valence-electron chi connectivity index (χ0n) is 9.91. The molecule has 0 aliphatic rings. The van der Waals surface area contributed by atoms with E-state index in [1.165, 1.54) is 0 Å². The van der Waals surface area contributed by atoms with Crippen molar-refractivity contribution in [1.29, 1.82) is 0 Å². The van der Waals surface area contributed by atoms with Crippen molar-refractivity contribution in [3.63, 3.8) is 0 Å². The van der Waals surface area contributed by atoms with Crippen LogP contribution in [0.5, 0.6) is 0 Å². The number of carbonyl (C=O) groups excluding carboxylic acids is 2. The fourth-order valence-corrected chi connectivity index (χ4v) is 1.50. The Kier molecular flexibility index (Phi) is 4.23. The van der Waals surface area contributed by atoms with E-state index in [1.807, 2.05) is 18.2 Å². The normalized spacial score (nSPS) is 10.2. The molecule has 0 saturated heterocycles. The molecule has 0 spiro atoms. The van der Waals surface area contributed by atoms with Gasteiger partial charge in [-0.1, -0.05) is 26.0 Å². The molecule has 0 heterocycles. The van der Waals surface area contributed by atoms with Gasteiger partial charge in [-0.25, -0.2) is 0 Å². The maximum atomic E-state index is 11.2. The first-order valence-electron chi connectivity index (χ1n) is 5.37. The van der Waals surface area contributed by atoms with Crippen LogP contribution in [0.4, 0.5) is 0 Å². The van der Waals surface area contributed by atoms with E-state index < -0.39 is 0 Å². The van der Waals surface area contributed by atoms with Gasteiger partial charge in [0, 0.05) is 12.6 Å². The molecular formula is C13H17NO2. The summed E-state index contributed by atoms with van der Waals surface area (Å²) in [5.41, 5.74) is 2.50. The van der Waals surface area contributed by atoms with Gasteiger partial charge in [-0.3, -0.25) is 9.59 Å². The van der Waals surface area contributed by atoms with Gasteiger partial charge in [0.15, 0.2) is 0 Å². The number of amides is 1. The SMILES string of the molecule is CNC(=O)Cc1ccc(C(C)C)cc1C=O. The third-order valence-corrected chi connectivity index (χ3v) is 2.59. The third-order valence-electron chi connectivity index (χ3n) is 2.59. The van der Waals surface area contributed by atoms with Crippen LogP contribution < -0.4 is 5.32 Å². The highest BCUT2D eigenvalue weighted by atomic mass is 16.1. The smallest absolute Gasteiger partial charge is 0.224 e. The molecule has 0 unspecified atom stereocenters. The quantitative estimate of drug-likeness (QED) is 0.786. The molecule has 1 amide bonds. The average Bonchev–Trinajstić information content (AvgIpc) is 2.29. The highest BCUT2D eigenvalue weighted by Crippen LogP contribution is 2.18. The number of likely N-dealkylation sites (N-methyl/N-ethyl adjacent to an activating group) is 1. The second-order valence-corrected chi connectivity index (χ2v) is 4.08. The standard InChI is InChI=1S/C13H17NO2/c1-9(2)10-4-5-11(7-13(16)14-3)12(6-10)8-15/h4-6,8-9H,7H2,1-3H3,(H,14,16). The van der Waals surface area contributed by atoms with Crippen LogP contribution in [0.15, 0.2) is 18.2 Å². The summed E-state index contributed by atoms with van der Waals surface area (Å²) >= 11 is 0. The van der Waals surface area contributed by atoms with E-state index in [9.17, 15) is 9.59 Å². The fraction of sp³-hybridized carbons (Fsp3) is 0.385. The Hall–Kier alpha value is -1.64. The summed E-state index contributed by atoms with van der Waals surface area (Å²) in [6.45, 7) is 4.14. The summed E-state index contributed by atoms with van der Waals surface area (Å²) < 4.78 is 0. The van der Waals surface area contributed by atoms with Crippen LogP contribution in [0.1, 0.15) is 41.3 Å². The largest absolute Gasteiger partial charge is 0.359 e. The minimum atomic E-state index is -0.0830. The van der Waals surface area contributed by atoms with Gasteiger partial charge in [-0.2, -0.15) is 0 Å². The molecule has 3 nitrogen and oxygen atoms in total. The Morgan fingerprint density at radius 1 is 1.44 bits per heavy atom. The van der Waals surface area contributed by atoms with Crippen LogP contribution in [0.2, 0.25) is 0 Å². The van der Waals surface area contributed by atoms with E-state index in [-0.39, 0.29) is 12.3 Å². The van der Waals surface area contributed by atoms with E-state index >= 15 is 0 Å². The number of hydrogen-bond acceptors (Lipinski definition) is 2. The number of nitrogens with one attached hydrogen (secondary N) is 1. The van der Waals surface area contributed by atoms with Crippen molar-refractivity contribution >= 4 is 12.2 Å². The van der Waals surface area contributed by atoms with Gasteiger partial charge in [-0.15, -0.1) is 0 Å². The number of aldehydes is 1. The Bertz CT molecular complexity index is 397. The topological polar surface area (TPSA) is 46.2 Å². The minimum absolute atomic E-state index is 0.0830. The van der Waals surface area contributed by atoms with E-state index in [4.69, 9.17) is 0 Å². The Morgan fingerprint density at radius 3 is 2.62 bits per heavy atom. The minimum Gasteiger partial charge on any atom is -0.359 e. The van der Waals surface area contributed by atoms with E-state index in [1.54, 1.807) is 7.05 Å². The third kappa shape index (κ3) is 2.92. The molecule has 0 saturated carbocycles. The molecule has 0 aliphatic heterocycles. The van der Waals surface area contributed by atoms with Crippen LogP contribution in [0.3, 0.4) is 0 Å². The number of carbonyl (C=O) groups is 2. The predicted molar refractivity (Wildman–Crippen MR) is 63.7 cm³/mol. The van der Waals surface area contributed by atoms with Crippen LogP contribution in [0, 0.1) is 0 Å². The van der Waals surface area contributed by atoms with Crippen molar-refractivity contribution in [3.05, 3.63) is 34.9 Å². The molecular weight excluding hydrogens is 202 g/mol. The Labute approximate surface area is 95.9 Å². The summed E-state index contributed by atoms with van der Waals surface area (Å²) in [7, 11) is 1.59. The number of rotatable bonds is 4. The van der Waals surface area contributed by atoms with E-state index in [0.717, 1.165) is 17.4 Å². The van der Waals surface area contributed by atoms with Gasteiger partial charge in [0.25, 0.3) is 0 Å². The monoisotopic (exact) mass is 219 g/mol. The van der Waals surface area contributed by atoms with Crippen molar-refractivity contribution in [2.45, 2.75) is 26.2 Å². The van der Waals surface area contributed by atoms with Crippen LogP contribution in [-0.2, 0) is 11.2 Å². The molecule has 86 valence electrons. The molecule has 0 bridgehead atoms. The first kappa shape index (κ1) is 12.4. The first-order chi connectivity index (χ1) is 7.58. The maximum absolute atomic E-state index is 11.2. The van der Waals surface area contributed by atoms with Crippen LogP contribution in [-0.4, -0.2) is 19.2 Å². The molecule has 0 fully saturated rings. The van der Waals surface area contributed by atoms with Gasteiger partial charge in [0.05, 0.1) is 6.42 Å². The highest BCUT2D eigenvalue weighted by molar-refractivity contribution is 5.84. The summed E-state index contributed by atoms with van der Waals surface area (Å²) in [6.07, 6.45) is 1.06. The molecule has 0 atom stereocenters. The zero-order chi connectivity index (χ0) is 12.1. The van der Waals surface area contributed by atoms with Gasteiger partial charge < -0.3 is 5.32 Å². The lowest BCUT2D eigenvalue weighted by Gasteiger charge is -2.09. The molecule has 1 N–H and O–H groups in total. The zero-order valence-corrected chi connectivity index (χ0v) is 9.91. The molecule has 0 aliphatic carbocycles. The van der Waals surface area contributed by atoms with Gasteiger partial charge in [-0.05, 0) is 23.1 Å². The predicted octanol–water partition coefficient (Wildman–Crippen LogP) is 1.91. The molecule has 1 aromatic rings. The van der Waals surface area contributed by atoms with Gasteiger partial charge in [0.1, 0.15) is 6.29 Å². The average molecular weight is 219 g/mol. The van der Waals surface area contributed by atoms with Crippen molar-refractivity contribution in [3.8, 4) is 0 Å². The molecule has 1 rings (SSSR count). The number of hydrogen-bond donors (Lipinski definition) is 1. The summed E-state index contributed by atoms with van der Waals surface area (Å²) in [4.78, 5) is 22.2. The highest BCUT2D eigenvalue weighted by Gasteiger charge is 2.08. The summed E-state index contributed by atoms with van der Waals surface area (Å²) in [5.74, 6) is 0.299. The lowest BCUT2D eigenvalue weighted by molar-refractivity contribution is -0.119. The lowest BCUT2D eigenvalue weighted by atomic mass is 9.96. The molecule has 0 aromatic heterocycles. The van der Waals surface area contributed by atoms with Gasteiger partial charge in [0.2, 0.25) is 5.91 Å². The van der Waals surface area contributed by atoms with Crippen LogP contribution in [0.25, 0.3) is 0 Å². The lowest BCUT2D eigenvalue weighted by Crippen LogP contribution is -2.20. The molecule has 3 heteroatoms. The van der Waals surface area contributed by atoms with Crippen molar-refractivity contribution < 1.29 is 9.59 Å². The second-order valence-electron chi connectivity index (χ2n) is 4.08. The Morgan fingerprint density at radius 2 is 2.12 bits per heavy atom. The Balaban J connectivity index is 3.02.